The first kappa shape index (κ1) is 15.3. The van der Waals surface area contributed by atoms with Gasteiger partial charge in [0.05, 0.1) is 0 Å². The zero-order valence-corrected chi connectivity index (χ0v) is 13.3. The van der Waals surface area contributed by atoms with Crippen LogP contribution in [0, 0.1) is 0 Å². The molecule has 0 aliphatic carbocycles. The van der Waals surface area contributed by atoms with E-state index in [9.17, 15) is 9.59 Å². The van der Waals surface area contributed by atoms with E-state index in [4.69, 9.17) is 14.2 Å². The molecule has 25 heavy (non-hydrogen) atoms. The van der Waals surface area contributed by atoms with Crippen molar-refractivity contribution in [1.82, 2.24) is 10.9 Å². The minimum Gasteiger partial charge on any atom is -0.486 e. The number of hydrogen-bond donors (Lipinski definition) is 2. The average molecular weight is 340 g/mol. The second-order valence-corrected chi connectivity index (χ2v) is 5.72. The van der Waals surface area contributed by atoms with Crippen LogP contribution in [-0.4, -0.2) is 31.1 Å². The van der Waals surface area contributed by atoms with Crippen molar-refractivity contribution < 1.29 is 23.8 Å². The normalized spacial score (nSPS) is 17.2. The fourth-order valence-corrected chi connectivity index (χ4v) is 2.78. The molecule has 128 valence electrons. The number of fused-ring (bicyclic) bond motifs is 2. The Morgan fingerprint density at radius 2 is 1.72 bits per heavy atom. The standard InChI is InChI=1S/C18H16N2O5/c21-17(12-5-6-14-15(10-12)24-8-7-23-14)19-20-18(22)16-9-11-3-1-2-4-13(11)25-16/h1-6,10,16H,7-9H2,(H,19,21)(H,20,22)/t16-/m0/s1. The van der Waals surface area contributed by atoms with E-state index in [2.05, 4.69) is 10.9 Å². The number of hydrazine groups is 1. The van der Waals surface area contributed by atoms with Crippen LogP contribution in [0.5, 0.6) is 17.2 Å². The second-order valence-electron chi connectivity index (χ2n) is 5.72. The van der Waals surface area contributed by atoms with Gasteiger partial charge < -0.3 is 14.2 Å². The number of ether oxygens (including phenoxy) is 3. The van der Waals surface area contributed by atoms with E-state index in [1.807, 2.05) is 24.3 Å². The van der Waals surface area contributed by atoms with Gasteiger partial charge in [0.2, 0.25) is 0 Å². The van der Waals surface area contributed by atoms with Crippen LogP contribution in [0.2, 0.25) is 0 Å². The monoisotopic (exact) mass is 340 g/mol. The maximum absolute atomic E-state index is 12.2. The van der Waals surface area contributed by atoms with E-state index >= 15 is 0 Å². The molecule has 2 aliphatic rings. The third-order valence-corrected chi connectivity index (χ3v) is 4.04. The molecule has 0 saturated heterocycles. The number of para-hydroxylation sites is 1. The van der Waals surface area contributed by atoms with Crippen LogP contribution in [0.1, 0.15) is 15.9 Å². The fourth-order valence-electron chi connectivity index (χ4n) is 2.78. The molecule has 0 saturated carbocycles. The van der Waals surface area contributed by atoms with Gasteiger partial charge in [-0.1, -0.05) is 18.2 Å². The van der Waals surface area contributed by atoms with E-state index in [1.165, 1.54) is 0 Å². The van der Waals surface area contributed by atoms with Crippen molar-refractivity contribution in [3.05, 3.63) is 53.6 Å². The molecule has 1 atom stereocenters. The molecule has 7 heteroatoms. The third-order valence-electron chi connectivity index (χ3n) is 4.04. The Balaban J connectivity index is 1.35. The molecule has 0 unspecified atom stereocenters. The quantitative estimate of drug-likeness (QED) is 0.803. The highest BCUT2D eigenvalue weighted by Gasteiger charge is 2.29. The van der Waals surface area contributed by atoms with Gasteiger partial charge in [-0.25, -0.2) is 0 Å². The summed E-state index contributed by atoms with van der Waals surface area (Å²) in [6.07, 6.45) is -0.181. The van der Waals surface area contributed by atoms with E-state index in [-0.39, 0.29) is 0 Å². The summed E-state index contributed by atoms with van der Waals surface area (Å²) in [6.45, 7) is 0.923. The van der Waals surface area contributed by atoms with E-state index in [0.717, 1.165) is 5.56 Å². The van der Waals surface area contributed by atoms with Crippen LogP contribution in [-0.2, 0) is 11.2 Å². The number of benzene rings is 2. The zero-order chi connectivity index (χ0) is 17.2. The maximum atomic E-state index is 12.2. The number of carbonyl (C=O) groups is 2. The van der Waals surface area contributed by atoms with Gasteiger partial charge in [0.1, 0.15) is 19.0 Å². The van der Waals surface area contributed by atoms with E-state index in [0.29, 0.717) is 42.4 Å². The maximum Gasteiger partial charge on any atom is 0.279 e. The Morgan fingerprint density at radius 1 is 0.920 bits per heavy atom. The predicted octanol–water partition coefficient (Wildman–Crippen LogP) is 1.22. The predicted molar refractivity (Wildman–Crippen MR) is 87.6 cm³/mol. The van der Waals surface area contributed by atoms with Gasteiger partial charge in [-0.05, 0) is 29.8 Å². The first-order valence-corrected chi connectivity index (χ1v) is 7.95. The number of nitrogens with one attached hydrogen (secondary N) is 2. The van der Waals surface area contributed by atoms with Crippen LogP contribution in [0.3, 0.4) is 0 Å². The molecule has 0 spiro atoms. The largest absolute Gasteiger partial charge is 0.486 e. The number of hydrogen-bond acceptors (Lipinski definition) is 5. The van der Waals surface area contributed by atoms with Crippen LogP contribution in [0.25, 0.3) is 0 Å². The second kappa shape index (κ2) is 6.35. The molecular formula is C18H16N2O5. The zero-order valence-electron chi connectivity index (χ0n) is 13.3. The highest BCUT2D eigenvalue weighted by molar-refractivity contribution is 5.96. The molecule has 0 radical (unpaired) electrons. The molecule has 0 fully saturated rings. The lowest BCUT2D eigenvalue weighted by Gasteiger charge is -2.18. The van der Waals surface area contributed by atoms with Crippen molar-refractivity contribution >= 4 is 11.8 Å². The average Bonchev–Trinajstić information content (AvgIpc) is 3.09. The minimum absolute atomic E-state index is 0.361. The summed E-state index contributed by atoms with van der Waals surface area (Å²) in [5, 5.41) is 0. The first-order chi connectivity index (χ1) is 12.2. The lowest BCUT2D eigenvalue weighted by atomic mass is 10.1. The summed E-state index contributed by atoms with van der Waals surface area (Å²) in [5.74, 6) is 0.965. The highest BCUT2D eigenvalue weighted by Crippen LogP contribution is 2.30. The summed E-state index contributed by atoms with van der Waals surface area (Å²) in [5.41, 5.74) is 6.13. The SMILES string of the molecule is O=C(NNC(=O)[C@@H]1Cc2ccccc2O1)c1ccc2c(c1)OCCO2. The lowest BCUT2D eigenvalue weighted by Crippen LogP contribution is -2.47. The highest BCUT2D eigenvalue weighted by atomic mass is 16.6. The Hall–Kier alpha value is -3.22. The van der Waals surface area contributed by atoms with Gasteiger partial charge in [0, 0.05) is 12.0 Å². The van der Waals surface area contributed by atoms with E-state index in [1.54, 1.807) is 18.2 Å². The molecule has 0 aromatic heterocycles. The summed E-state index contributed by atoms with van der Waals surface area (Å²) >= 11 is 0. The Kier molecular flexibility index (Phi) is 3.89. The van der Waals surface area contributed by atoms with Crippen molar-refractivity contribution in [3.63, 3.8) is 0 Å². The van der Waals surface area contributed by atoms with Gasteiger partial charge >= 0.3 is 0 Å². The molecule has 4 rings (SSSR count). The van der Waals surface area contributed by atoms with Crippen molar-refractivity contribution in [1.29, 1.82) is 0 Å². The van der Waals surface area contributed by atoms with Crippen LogP contribution in [0.4, 0.5) is 0 Å². The molecule has 7 nitrogen and oxygen atoms in total. The molecule has 2 aromatic rings. The minimum atomic E-state index is -0.655. The molecule has 2 amide bonds. The first-order valence-electron chi connectivity index (χ1n) is 7.95. The van der Waals surface area contributed by atoms with Crippen molar-refractivity contribution in [3.8, 4) is 17.2 Å². The Labute approximate surface area is 143 Å². The molecule has 2 aromatic carbocycles. The number of rotatable bonds is 2. The molecular weight excluding hydrogens is 324 g/mol. The van der Waals surface area contributed by atoms with Crippen molar-refractivity contribution in [2.75, 3.05) is 13.2 Å². The van der Waals surface area contributed by atoms with Gasteiger partial charge in [-0.3, -0.25) is 20.4 Å². The Morgan fingerprint density at radius 3 is 2.56 bits per heavy atom. The third kappa shape index (κ3) is 3.08. The van der Waals surface area contributed by atoms with Crippen LogP contribution in [0.15, 0.2) is 42.5 Å². The van der Waals surface area contributed by atoms with Crippen molar-refractivity contribution in [2.45, 2.75) is 12.5 Å². The van der Waals surface area contributed by atoms with Crippen molar-refractivity contribution in [2.24, 2.45) is 0 Å². The van der Waals surface area contributed by atoms with E-state index < -0.39 is 17.9 Å². The molecule has 0 bridgehead atoms. The lowest BCUT2D eigenvalue weighted by molar-refractivity contribution is -0.128. The molecule has 2 heterocycles. The molecule has 2 aliphatic heterocycles. The van der Waals surface area contributed by atoms with Gasteiger partial charge in [-0.15, -0.1) is 0 Å². The number of carbonyl (C=O) groups excluding carboxylic acids is 2. The smallest absolute Gasteiger partial charge is 0.279 e. The van der Waals surface area contributed by atoms with Gasteiger partial charge in [0.25, 0.3) is 11.8 Å². The summed E-state index contributed by atoms with van der Waals surface area (Å²) in [4.78, 5) is 24.4. The van der Waals surface area contributed by atoms with Gasteiger partial charge in [0.15, 0.2) is 17.6 Å². The molecule has 2 N–H and O–H groups in total. The van der Waals surface area contributed by atoms with Gasteiger partial charge in [-0.2, -0.15) is 0 Å². The summed E-state index contributed by atoms with van der Waals surface area (Å²) in [7, 11) is 0. The Bertz CT molecular complexity index is 811. The number of amides is 2. The fraction of sp³-hybridized carbons (Fsp3) is 0.222. The summed E-state index contributed by atoms with van der Waals surface area (Å²) in [6, 6.07) is 12.3. The topological polar surface area (TPSA) is 85.9 Å². The van der Waals surface area contributed by atoms with Crippen LogP contribution >= 0.6 is 0 Å². The summed E-state index contributed by atoms with van der Waals surface area (Å²) < 4.78 is 16.4. The van der Waals surface area contributed by atoms with Crippen LogP contribution < -0.4 is 25.1 Å².